The summed E-state index contributed by atoms with van der Waals surface area (Å²) in [5.41, 5.74) is 1.02. The van der Waals surface area contributed by atoms with Crippen molar-refractivity contribution < 1.29 is 18.0 Å². The number of fused-ring (bicyclic) bond motifs is 1. The van der Waals surface area contributed by atoms with E-state index in [-0.39, 0.29) is 23.8 Å². The molecule has 7 nitrogen and oxygen atoms in total. The van der Waals surface area contributed by atoms with E-state index in [2.05, 4.69) is 15.0 Å². The van der Waals surface area contributed by atoms with Crippen LogP contribution >= 0.6 is 0 Å². The first-order chi connectivity index (χ1) is 15.6. The summed E-state index contributed by atoms with van der Waals surface area (Å²) in [6.07, 6.45) is 0.709. The third kappa shape index (κ3) is 4.01. The Kier molecular flexibility index (Phi) is 5.77. The van der Waals surface area contributed by atoms with Gasteiger partial charge in [-0.25, -0.2) is 15.0 Å². The molecule has 1 unspecified atom stereocenters. The lowest BCUT2D eigenvalue weighted by atomic mass is 10.0. The normalized spacial score (nSPS) is 16.4. The Hall–Kier alpha value is -3.56. The van der Waals surface area contributed by atoms with E-state index in [4.69, 9.17) is 4.98 Å². The van der Waals surface area contributed by atoms with Gasteiger partial charge in [0.25, 0.3) is 0 Å². The molecule has 1 aliphatic rings. The molecule has 4 rings (SSSR count). The lowest BCUT2D eigenvalue weighted by Gasteiger charge is -2.42. The Bertz CT molecular complexity index is 1180. The van der Waals surface area contributed by atoms with E-state index in [0.717, 1.165) is 12.1 Å². The van der Waals surface area contributed by atoms with Crippen LogP contribution in [0, 0.1) is 0 Å². The topological polar surface area (TPSA) is 75.1 Å². The molecule has 0 bridgehead atoms. The number of carbonyl (C=O) groups excluding carboxylic acids is 1. The number of benzene rings is 1. The highest BCUT2D eigenvalue weighted by Crippen LogP contribution is 2.38. The molecule has 0 saturated carbocycles. The highest BCUT2D eigenvalue weighted by atomic mass is 19.4. The zero-order chi connectivity index (χ0) is 23.9. The molecule has 1 atom stereocenters. The summed E-state index contributed by atoms with van der Waals surface area (Å²) in [5, 5.41) is 0. The van der Waals surface area contributed by atoms with Crippen molar-refractivity contribution in [2.24, 2.45) is 0 Å². The molecule has 33 heavy (non-hydrogen) atoms. The highest BCUT2D eigenvalue weighted by Gasteiger charge is 2.38. The van der Waals surface area contributed by atoms with Crippen LogP contribution in [0.3, 0.4) is 0 Å². The van der Waals surface area contributed by atoms with Crippen molar-refractivity contribution in [3.05, 3.63) is 48.4 Å². The number of likely N-dealkylation sites (N-methyl/N-ethyl adjacent to an activating group) is 1. The Labute approximate surface area is 189 Å². The number of alkyl halides is 3. The van der Waals surface area contributed by atoms with E-state index >= 15 is 0 Å². The van der Waals surface area contributed by atoms with E-state index in [1.54, 1.807) is 18.1 Å². The van der Waals surface area contributed by atoms with Gasteiger partial charge in [0.05, 0.1) is 17.5 Å². The summed E-state index contributed by atoms with van der Waals surface area (Å²) >= 11 is 0. The van der Waals surface area contributed by atoms with Crippen LogP contribution in [0.5, 0.6) is 0 Å². The second-order valence-corrected chi connectivity index (χ2v) is 8.05. The number of hydrogen-bond acceptors (Lipinski definition) is 6. The second-order valence-electron chi connectivity index (χ2n) is 8.05. The van der Waals surface area contributed by atoms with Crippen LogP contribution in [0.4, 0.5) is 24.7 Å². The Balaban J connectivity index is 1.83. The van der Waals surface area contributed by atoms with Crippen molar-refractivity contribution in [2.45, 2.75) is 45.5 Å². The van der Waals surface area contributed by atoms with Gasteiger partial charge in [-0.05, 0) is 32.4 Å². The van der Waals surface area contributed by atoms with Gasteiger partial charge in [0.1, 0.15) is 17.4 Å². The van der Waals surface area contributed by atoms with Gasteiger partial charge >= 0.3 is 6.18 Å². The molecular weight excluding hydrogens is 433 g/mol. The van der Waals surface area contributed by atoms with Gasteiger partial charge < -0.3 is 9.80 Å². The van der Waals surface area contributed by atoms with Crippen molar-refractivity contribution >= 4 is 17.4 Å². The van der Waals surface area contributed by atoms with Gasteiger partial charge in [-0.15, -0.1) is 0 Å². The minimum atomic E-state index is -4.43. The van der Waals surface area contributed by atoms with Crippen LogP contribution in [-0.4, -0.2) is 45.0 Å². The quantitative estimate of drug-likeness (QED) is 0.572. The molecule has 3 heterocycles. The SMILES string of the molecule is CCC1C(=O)N(C)c2cnc(-c3nccnc3-c3ccc(C(F)(F)F)cc3)nc2N1C(C)C. The van der Waals surface area contributed by atoms with Crippen LogP contribution in [0.2, 0.25) is 0 Å². The number of halogens is 3. The molecule has 0 fully saturated rings. The fourth-order valence-corrected chi connectivity index (χ4v) is 4.02. The van der Waals surface area contributed by atoms with Crippen LogP contribution in [0.25, 0.3) is 22.8 Å². The number of aromatic nitrogens is 4. The summed E-state index contributed by atoms with van der Waals surface area (Å²) in [6, 6.07) is 4.37. The van der Waals surface area contributed by atoms with E-state index in [1.807, 2.05) is 25.7 Å². The first kappa shape index (κ1) is 22.6. The third-order valence-electron chi connectivity index (χ3n) is 5.65. The molecule has 10 heteroatoms. The number of carbonyl (C=O) groups is 1. The van der Waals surface area contributed by atoms with E-state index in [1.165, 1.54) is 24.5 Å². The predicted octanol–water partition coefficient (Wildman–Crippen LogP) is 4.59. The first-order valence-electron chi connectivity index (χ1n) is 10.6. The minimum Gasteiger partial charge on any atom is -0.340 e. The molecular formula is C23H23F3N6O. The maximum absolute atomic E-state index is 13.0. The van der Waals surface area contributed by atoms with Crippen molar-refractivity contribution in [3.63, 3.8) is 0 Å². The van der Waals surface area contributed by atoms with Crippen molar-refractivity contribution in [1.82, 2.24) is 19.9 Å². The van der Waals surface area contributed by atoms with E-state index in [0.29, 0.717) is 34.9 Å². The lowest BCUT2D eigenvalue weighted by Crippen LogP contribution is -2.54. The summed E-state index contributed by atoms with van der Waals surface area (Å²) in [6.45, 7) is 5.93. The Morgan fingerprint density at radius 1 is 1.03 bits per heavy atom. The molecule has 2 aromatic heterocycles. The molecule has 172 valence electrons. The molecule has 1 aliphatic heterocycles. The zero-order valence-electron chi connectivity index (χ0n) is 18.6. The summed E-state index contributed by atoms with van der Waals surface area (Å²) < 4.78 is 38.9. The van der Waals surface area contributed by atoms with Gasteiger partial charge in [0.15, 0.2) is 11.6 Å². The minimum absolute atomic E-state index is 0.00495. The third-order valence-corrected chi connectivity index (χ3v) is 5.65. The number of hydrogen-bond donors (Lipinski definition) is 0. The van der Waals surface area contributed by atoms with Crippen molar-refractivity contribution in [2.75, 3.05) is 16.8 Å². The molecule has 0 N–H and O–H groups in total. The van der Waals surface area contributed by atoms with Gasteiger partial charge in [-0.2, -0.15) is 13.2 Å². The van der Waals surface area contributed by atoms with Gasteiger partial charge in [-0.3, -0.25) is 9.78 Å². The van der Waals surface area contributed by atoms with Crippen LogP contribution in [0.1, 0.15) is 32.8 Å². The number of rotatable bonds is 4. The average molecular weight is 456 g/mol. The number of nitrogens with zero attached hydrogens (tertiary/aromatic N) is 6. The van der Waals surface area contributed by atoms with Gasteiger partial charge in [-0.1, -0.05) is 19.1 Å². The largest absolute Gasteiger partial charge is 0.416 e. The second kappa shape index (κ2) is 8.42. The van der Waals surface area contributed by atoms with Crippen LogP contribution < -0.4 is 9.80 Å². The fourth-order valence-electron chi connectivity index (χ4n) is 4.02. The summed E-state index contributed by atoms with van der Waals surface area (Å²) in [7, 11) is 1.69. The molecule has 0 spiro atoms. The summed E-state index contributed by atoms with van der Waals surface area (Å²) in [4.78, 5) is 34.3. The van der Waals surface area contributed by atoms with Crippen LogP contribution in [0.15, 0.2) is 42.9 Å². The highest BCUT2D eigenvalue weighted by molar-refractivity contribution is 6.04. The van der Waals surface area contributed by atoms with E-state index < -0.39 is 11.7 Å². The molecule has 3 aromatic rings. The Morgan fingerprint density at radius 2 is 1.67 bits per heavy atom. The maximum atomic E-state index is 13.0. The predicted molar refractivity (Wildman–Crippen MR) is 119 cm³/mol. The fraction of sp³-hybridized carbons (Fsp3) is 0.348. The van der Waals surface area contributed by atoms with Gasteiger partial charge in [0.2, 0.25) is 5.91 Å². The first-order valence-corrected chi connectivity index (χ1v) is 10.6. The lowest BCUT2D eigenvalue weighted by molar-refractivity contribution is -0.137. The molecule has 0 aliphatic carbocycles. The monoisotopic (exact) mass is 456 g/mol. The average Bonchev–Trinajstić information content (AvgIpc) is 2.80. The molecule has 0 radical (unpaired) electrons. The number of amides is 1. The Morgan fingerprint density at radius 3 is 2.24 bits per heavy atom. The molecule has 1 aromatic carbocycles. The molecule has 1 amide bonds. The van der Waals surface area contributed by atoms with Crippen LogP contribution in [-0.2, 0) is 11.0 Å². The van der Waals surface area contributed by atoms with Crippen molar-refractivity contribution in [1.29, 1.82) is 0 Å². The molecule has 0 saturated heterocycles. The standard InChI is InChI=1S/C23H23F3N6O/c1-5-16-22(33)31(4)17-12-29-20(30-21(17)32(16)13(2)3)19-18(27-10-11-28-19)14-6-8-15(9-7-14)23(24,25)26/h6-13,16H,5H2,1-4H3. The number of anilines is 2. The summed E-state index contributed by atoms with van der Waals surface area (Å²) in [5.74, 6) is 0.855. The smallest absolute Gasteiger partial charge is 0.340 e. The maximum Gasteiger partial charge on any atom is 0.416 e. The van der Waals surface area contributed by atoms with E-state index in [9.17, 15) is 18.0 Å². The van der Waals surface area contributed by atoms with Crippen molar-refractivity contribution in [3.8, 4) is 22.8 Å². The van der Waals surface area contributed by atoms with Gasteiger partial charge in [0, 0.05) is 31.0 Å². The zero-order valence-corrected chi connectivity index (χ0v) is 18.6.